The monoisotopic (exact) mass is 466 g/mol. The van der Waals surface area contributed by atoms with E-state index in [-0.39, 0.29) is 12.0 Å². The van der Waals surface area contributed by atoms with Gasteiger partial charge in [-0.05, 0) is 63.6 Å². The van der Waals surface area contributed by atoms with Crippen LogP contribution in [0.1, 0.15) is 38.8 Å². The van der Waals surface area contributed by atoms with Gasteiger partial charge in [0.1, 0.15) is 30.0 Å². The van der Waals surface area contributed by atoms with Crippen LogP contribution in [-0.4, -0.2) is 43.4 Å². The first-order chi connectivity index (χ1) is 16.4. The second kappa shape index (κ2) is 12.2. The lowest BCUT2D eigenvalue weighted by Crippen LogP contribution is -2.37. The van der Waals surface area contributed by atoms with Gasteiger partial charge in [-0.2, -0.15) is 0 Å². The fourth-order valence-electron chi connectivity index (χ4n) is 3.61. The zero-order valence-corrected chi connectivity index (χ0v) is 20.6. The molecule has 0 aliphatic carbocycles. The summed E-state index contributed by atoms with van der Waals surface area (Å²) in [7, 11) is 1.64. The fraction of sp³-hybridized carbons (Fsp3) is 0.407. The van der Waals surface area contributed by atoms with Crippen molar-refractivity contribution in [3.05, 3.63) is 59.8 Å². The van der Waals surface area contributed by atoms with Crippen LogP contribution >= 0.6 is 0 Å². The molecule has 0 saturated carbocycles. The Bertz CT molecular complexity index is 1080. The first-order valence-electron chi connectivity index (χ1n) is 11.7. The lowest BCUT2D eigenvalue weighted by molar-refractivity contribution is -0.132. The standard InChI is InChI=1S/C27H34N2O5/c1-6-28-27(30)25(32-7-2)14-19-8-10-21(11-9-19)33-17-20-16-29-24-13-12-22(31-5)15-23(24)26(20)34-18(3)4/h8-13,15-16,18,25H,6-7,14,17H2,1-5H3,(H,28,30). The summed E-state index contributed by atoms with van der Waals surface area (Å²) < 4.78 is 23.2. The van der Waals surface area contributed by atoms with Crippen LogP contribution in [0.2, 0.25) is 0 Å². The largest absolute Gasteiger partial charge is 0.497 e. The number of aromatic nitrogens is 1. The van der Waals surface area contributed by atoms with Crippen molar-refractivity contribution in [1.82, 2.24) is 10.3 Å². The number of rotatable bonds is 12. The van der Waals surface area contributed by atoms with Gasteiger partial charge in [0.2, 0.25) is 5.91 Å². The van der Waals surface area contributed by atoms with E-state index < -0.39 is 6.10 Å². The van der Waals surface area contributed by atoms with Gasteiger partial charge >= 0.3 is 0 Å². The number of fused-ring (bicyclic) bond motifs is 1. The van der Waals surface area contributed by atoms with Gasteiger partial charge in [-0.25, -0.2) is 0 Å². The summed E-state index contributed by atoms with van der Waals surface area (Å²) in [6.45, 7) is 9.13. The van der Waals surface area contributed by atoms with Crippen molar-refractivity contribution in [1.29, 1.82) is 0 Å². The Morgan fingerprint density at radius 3 is 2.44 bits per heavy atom. The quantitative estimate of drug-likeness (QED) is 0.417. The number of benzene rings is 2. The number of carbonyl (C=O) groups is 1. The molecule has 1 N–H and O–H groups in total. The molecule has 3 aromatic rings. The van der Waals surface area contributed by atoms with Gasteiger partial charge in [0, 0.05) is 31.2 Å². The van der Waals surface area contributed by atoms with Crippen molar-refractivity contribution >= 4 is 16.8 Å². The number of nitrogens with zero attached hydrogens (tertiary/aromatic N) is 1. The lowest BCUT2D eigenvalue weighted by atomic mass is 10.1. The van der Waals surface area contributed by atoms with Gasteiger partial charge in [-0.15, -0.1) is 0 Å². The molecule has 0 aliphatic heterocycles. The number of amides is 1. The summed E-state index contributed by atoms with van der Waals surface area (Å²) in [4.78, 5) is 16.8. The number of likely N-dealkylation sites (N-methyl/N-ethyl adjacent to an activating group) is 1. The van der Waals surface area contributed by atoms with Crippen LogP contribution in [0.25, 0.3) is 10.9 Å². The van der Waals surface area contributed by atoms with E-state index in [9.17, 15) is 4.79 Å². The molecule has 1 aromatic heterocycles. The molecule has 0 saturated heterocycles. The second-order valence-corrected chi connectivity index (χ2v) is 8.14. The van der Waals surface area contributed by atoms with Gasteiger partial charge in [0.15, 0.2) is 0 Å². The highest BCUT2D eigenvalue weighted by Gasteiger charge is 2.18. The molecule has 0 aliphatic rings. The van der Waals surface area contributed by atoms with Crippen LogP contribution in [0, 0.1) is 0 Å². The maximum absolute atomic E-state index is 12.2. The number of hydrogen-bond donors (Lipinski definition) is 1. The van der Waals surface area contributed by atoms with E-state index in [1.807, 2.05) is 70.2 Å². The number of ether oxygens (including phenoxy) is 4. The first kappa shape index (κ1) is 25.3. The van der Waals surface area contributed by atoms with Gasteiger partial charge in [0.25, 0.3) is 0 Å². The van der Waals surface area contributed by atoms with Gasteiger partial charge in [-0.3, -0.25) is 9.78 Å². The molecule has 182 valence electrons. The Kier molecular flexibility index (Phi) is 9.10. The topological polar surface area (TPSA) is 78.9 Å². The summed E-state index contributed by atoms with van der Waals surface area (Å²) in [5.41, 5.74) is 2.69. The minimum absolute atomic E-state index is 0.00183. The molecule has 1 amide bonds. The van der Waals surface area contributed by atoms with Gasteiger partial charge in [-0.1, -0.05) is 12.1 Å². The third-order valence-electron chi connectivity index (χ3n) is 5.20. The van der Waals surface area contributed by atoms with E-state index in [1.54, 1.807) is 13.3 Å². The maximum atomic E-state index is 12.2. The van der Waals surface area contributed by atoms with E-state index in [2.05, 4.69) is 10.3 Å². The van der Waals surface area contributed by atoms with Gasteiger partial charge in [0.05, 0.1) is 24.3 Å². The molecule has 0 bridgehead atoms. The number of nitrogens with one attached hydrogen (secondary N) is 1. The Balaban J connectivity index is 1.74. The Morgan fingerprint density at radius 2 is 1.79 bits per heavy atom. The van der Waals surface area contributed by atoms with E-state index >= 15 is 0 Å². The van der Waals surface area contributed by atoms with Crippen LogP contribution in [0.4, 0.5) is 0 Å². The van der Waals surface area contributed by atoms with E-state index in [0.717, 1.165) is 39.3 Å². The molecule has 1 heterocycles. The molecule has 1 unspecified atom stereocenters. The summed E-state index contributed by atoms with van der Waals surface area (Å²) in [5, 5.41) is 3.71. The highest BCUT2D eigenvalue weighted by atomic mass is 16.5. The molecule has 7 nitrogen and oxygen atoms in total. The predicted octanol–water partition coefficient (Wildman–Crippen LogP) is 4.69. The normalized spacial score (nSPS) is 11.9. The maximum Gasteiger partial charge on any atom is 0.249 e. The minimum Gasteiger partial charge on any atom is -0.497 e. The molecule has 3 rings (SSSR count). The van der Waals surface area contributed by atoms with Crippen molar-refractivity contribution in [3.63, 3.8) is 0 Å². The zero-order valence-electron chi connectivity index (χ0n) is 20.6. The SMILES string of the molecule is CCNC(=O)C(Cc1ccc(OCc2cnc3ccc(OC)cc3c2OC(C)C)cc1)OCC. The van der Waals surface area contributed by atoms with Crippen LogP contribution in [0.15, 0.2) is 48.7 Å². The summed E-state index contributed by atoms with van der Waals surface area (Å²) in [6, 6.07) is 13.4. The second-order valence-electron chi connectivity index (χ2n) is 8.14. The summed E-state index contributed by atoms with van der Waals surface area (Å²) in [5.74, 6) is 2.12. The van der Waals surface area contributed by atoms with Crippen molar-refractivity contribution in [2.45, 2.75) is 52.9 Å². The Morgan fingerprint density at radius 1 is 1.06 bits per heavy atom. The molecule has 0 radical (unpaired) electrons. The number of hydrogen-bond acceptors (Lipinski definition) is 6. The molecule has 34 heavy (non-hydrogen) atoms. The van der Waals surface area contributed by atoms with Crippen LogP contribution in [0.5, 0.6) is 17.2 Å². The predicted molar refractivity (Wildman–Crippen MR) is 133 cm³/mol. The highest BCUT2D eigenvalue weighted by Crippen LogP contribution is 2.33. The average Bonchev–Trinajstić information content (AvgIpc) is 2.83. The minimum atomic E-state index is -0.506. The van der Waals surface area contributed by atoms with Crippen LogP contribution in [0.3, 0.4) is 0 Å². The van der Waals surface area contributed by atoms with E-state index in [1.165, 1.54) is 0 Å². The Hall–Kier alpha value is -3.32. The molecule has 1 atom stereocenters. The van der Waals surface area contributed by atoms with E-state index in [4.69, 9.17) is 18.9 Å². The fourth-order valence-corrected chi connectivity index (χ4v) is 3.61. The van der Waals surface area contributed by atoms with Gasteiger partial charge < -0.3 is 24.3 Å². The molecule has 7 heteroatoms. The highest BCUT2D eigenvalue weighted by molar-refractivity contribution is 5.87. The molecule has 0 fully saturated rings. The summed E-state index contributed by atoms with van der Waals surface area (Å²) in [6.07, 6.45) is 1.79. The number of methoxy groups -OCH3 is 1. The third kappa shape index (κ3) is 6.60. The van der Waals surface area contributed by atoms with Crippen molar-refractivity contribution < 1.29 is 23.7 Å². The van der Waals surface area contributed by atoms with Crippen molar-refractivity contribution in [2.75, 3.05) is 20.3 Å². The average molecular weight is 467 g/mol. The van der Waals surface area contributed by atoms with E-state index in [0.29, 0.717) is 26.2 Å². The lowest BCUT2D eigenvalue weighted by Gasteiger charge is -2.18. The van der Waals surface area contributed by atoms with Crippen molar-refractivity contribution in [2.24, 2.45) is 0 Å². The molecular weight excluding hydrogens is 432 g/mol. The number of carbonyl (C=O) groups excluding carboxylic acids is 1. The first-order valence-corrected chi connectivity index (χ1v) is 11.7. The van der Waals surface area contributed by atoms with Crippen LogP contribution < -0.4 is 19.5 Å². The molecular formula is C27H34N2O5. The Labute approximate surface area is 201 Å². The van der Waals surface area contributed by atoms with Crippen LogP contribution in [-0.2, 0) is 22.6 Å². The van der Waals surface area contributed by atoms with Crippen molar-refractivity contribution in [3.8, 4) is 17.2 Å². The summed E-state index contributed by atoms with van der Waals surface area (Å²) >= 11 is 0. The molecule has 2 aromatic carbocycles. The molecule has 0 spiro atoms. The third-order valence-corrected chi connectivity index (χ3v) is 5.20. The smallest absolute Gasteiger partial charge is 0.249 e. The number of pyridine rings is 1. The zero-order chi connectivity index (χ0) is 24.5.